The van der Waals surface area contributed by atoms with Crippen molar-refractivity contribution in [3.05, 3.63) is 99.0 Å². The fourth-order valence-corrected chi connectivity index (χ4v) is 4.39. The summed E-state index contributed by atoms with van der Waals surface area (Å²) < 4.78 is 5.86. The maximum atomic E-state index is 13.6. The summed E-state index contributed by atoms with van der Waals surface area (Å²) in [4.78, 5) is 28.3. The molecule has 3 rings (SSSR count). The van der Waals surface area contributed by atoms with E-state index in [0.717, 1.165) is 16.7 Å². The van der Waals surface area contributed by atoms with Gasteiger partial charge in [0.25, 0.3) is 5.91 Å². The predicted molar refractivity (Wildman–Crippen MR) is 141 cm³/mol. The van der Waals surface area contributed by atoms with Crippen molar-refractivity contribution in [3.8, 4) is 5.75 Å². The SMILES string of the molecule is CCNC(=O)C(Cc1ccccc1)N(Cc1ccc(Cl)cc1Cl)C(=O)COc1cc(C)cc(C)c1. The maximum Gasteiger partial charge on any atom is 0.261 e. The van der Waals surface area contributed by atoms with Crippen LogP contribution in [0.4, 0.5) is 0 Å². The lowest BCUT2D eigenvalue weighted by molar-refractivity contribution is -0.142. The second-order valence-corrected chi connectivity index (χ2v) is 9.31. The van der Waals surface area contributed by atoms with E-state index in [4.69, 9.17) is 27.9 Å². The molecule has 1 unspecified atom stereocenters. The Morgan fingerprint density at radius 1 is 0.971 bits per heavy atom. The van der Waals surface area contributed by atoms with Crippen LogP contribution < -0.4 is 10.1 Å². The number of nitrogens with zero attached hydrogens (tertiary/aromatic N) is 1. The Hall–Kier alpha value is -3.02. The normalized spacial score (nSPS) is 11.6. The van der Waals surface area contributed by atoms with E-state index in [9.17, 15) is 9.59 Å². The van der Waals surface area contributed by atoms with E-state index < -0.39 is 6.04 Å². The van der Waals surface area contributed by atoms with Gasteiger partial charge in [0.1, 0.15) is 11.8 Å². The molecule has 0 radical (unpaired) electrons. The topological polar surface area (TPSA) is 58.6 Å². The van der Waals surface area contributed by atoms with Crippen molar-refractivity contribution >= 4 is 35.0 Å². The van der Waals surface area contributed by atoms with Crippen LogP contribution in [0, 0.1) is 13.8 Å². The number of aryl methyl sites for hydroxylation is 2. The Morgan fingerprint density at radius 3 is 2.29 bits per heavy atom. The molecule has 0 aliphatic carbocycles. The summed E-state index contributed by atoms with van der Waals surface area (Å²) in [5.41, 5.74) is 3.72. The predicted octanol–water partition coefficient (Wildman–Crippen LogP) is 5.77. The first kappa shape index (κ1) is 26.6. The first-order valence-electron chi connectivity index (χ1n) is 11.5. The molecule has 0 spiro atoms. The second-order valence-electron chi connectivity index (χ2n) is 8.47. The summed E-state index contributed by atoms with van der Waals surface area (Å²) in [6.07, 6.45) is 0.354. The highest BCUT2D eigenvalue weighted by atomic mass is 35.5. The van der Waals surface area contributed by atoms with Gasteiger partial charge in [-0.3, -0.25) is 9.59 Å². The van der Waals surface area contributed by atoms with Gasteiger partial charge in [0.15, 0.2) is 6.61 Å². The largest absolute Gasteiger partial charge is 0.484 e. The number of benzene rings is 3. The highest BCUT2D eigenvalue weighted by Crippen LogP contribution is 2.24. The molecule has 0 fully saturated rings. The van der Waals surface area contributed by atoms with Crippen LogP contribution in [0.5, 0.6) is 5.75 Å². The number of nitrogens with one attached hydrogen (secondary N) is 1. The summed E-state index contributed by atoms with van der Waals surface area (Å²) in [5, 5.41) is 3.80. The summed E-state index contributed by atoms with van der Waals surface area (Å²) in [6.45, 7) is 6.18. The quantitative estimate of drug-likeness (QED) is 0.375. The van der Waals surface area contributed by atoms with Gasteiger partial charge in [-0.2, -0.15) is 0 Å². The van der Waals surface area contributed by atoms with Crippen molar-refractivity contribution in [2.75, 3.05) is 13.2 Å². The lowest BCUT2D eigenvalue weighted by Gasteiger charge is -2.31. The fraction of sp³-hybridized carbons (Fsp3) is 0.286. The number of carbonyl (C=O) groups excluding carboxylic acids is 2. The van der Waals surface area contributed by atoms with E-state index in [-0.39, 0.29) is 25.0 Å². The smallest absolute Gasteiger partial charge is 0.261 e. The zero-order chi connectivity index (χ0) is 25.4. The molecule has 2 amide bonds. The lowest BCUT2D eigenvalue weighted by atomic mass is 10.0. The summed E-state index contributed by atoms with van der Waals surface area (Å²) in [7, 11) is 0. The van der Waals surface area contributed by atoms with Gasteiger partial charge in [0, 0.05) is 29.6 Å². The number of rotatable bonds is 10. The number of hydrogen-bond acceptors (Lipinski definition) is 3. The molecular weight excluding hydrogens is 483 g/mol. The maximum absolute atomic E-state index is 13.6. The van der Waals surface area contributed by atoms with E-state index in [1.54, 1.807) is 18.2 Å². The van der Waals surface area contributed by atoms with Gasteiger partial charge in [-0.15, -0.1) is 0 Å². The highest BCUT2D eigenvalue weighted by molar-refractivity contribution is 6.35. The number of carbonyl (C=O) groups is 2. The van der Waals surface area contributed by atoms with Crippen molar-refractivity contribution < 1.29 is 14.3 Å². The Morgan fingerprint density at radius 2 is 1.66 bits per heavy atom. The molecule has 35 heavy (non-hydrogen) atoms. The van der Waals surface area contributed by atoms with Crippen molar-refractivity contribution in [2.24, 2.45) is 0 Å². The molecule has 0 aliphatic heterocycles. The number of halogens is 2. The minimum Gasteiger partial charge on any atom is -0.484 e. The van der Waals surface area contributed by atoms with Crippen LogP contribution in [-0.4, -0.2) is 35.9 Å². The van der Waals surface area contributed by atoms with Gasteiger partial charge in [-0.1, -0.05) is 65.7 Å². The molecular formula is C28H30Cl2N2O3. The number of ether oxygens (including phenoxy) is 1. The Bertz CT molecular complexity index is 1150. The zero-order valence-electron chi connectivity index (χ0n) is 20.2. The van der Waals surface area contributed by atoms with E-state index in [2.05, 4.69) is 5.32 Å². The average molecular weight is 513 g/mol. The van der Waals surface area contributed by atoms with Gasteiger partial charge in [0.2, 0.25) is 5.91 Å². The van der Waals surface area contributed by atoms with Crippen LogP contribution >= 0.6 is 23.2 Å². The number of hydrogen-bond donors (Lipinski definition) is 1. The molecule has 1 atom stereocenters. The third-order valence-electron chi connectivity index (χ3n) is 5.54. The van der Waals surface area contributed by atoms with Gasteiger partial charge in [-0.05, 0) is 67.3 Å². The molecule has 3 aromatic rings. The molecule has 0 aromatic heterocycles. The molecule has 0 bridgehead atoms. The van der Waals surface area contributed by atoms with Gasteiger partial charge >= 0.3 is 0 Å². The van der Waals surface area contributed by atoms with Crippen molar-refractivity contribution in [1.82, 2.24) is 10.2 Å². The monoisotopic (exact) mass is 512 g/mol. The third-order valence-corrected chi connectivity index (χ3v) is 6.12. The van der Waals surface area contributed by atoms with E-state index in [1.165, 1.54) is 4.90 Å². The van der Waals surface area contributed by atoms with E-state index >= 15 is 0 Å². The summed E-state index contributed by atoms with van der Waals surface area (Å²) in [5.74, 6) is 0.0569. The Kier molecular flexibility index (Phi) is 9.58. The Labute approximate surface area is 217 Å². The standard InChI is InChI=1S/C28H30Cl2N2O3/c1-4-31-28(34)26(15-21-8-6-5-7-9-21)32(17-22-10-11-23(29)16-25(22)30)27(33)18-35-24-13-19(2)12-20(3)14-24/h5-14,16,26H,4,15,17-18H2,1-3H3,(H,31,34). The van der Waals surface area contributed by atoms with Crippen LogP contribution in [-0.2, 0) is 22.6 Å². The van der Waals surface area contributed by atoms with Crippen molar-refractivity contribution in [2.45, 2.75) is 39.8 Å². The van der Waals surface area contributed by atoms with Crippen LogP contribution in [0.1, 0.15) is 29.2 Å². The number of likely N-dealkylation sites (N-methyl/N-ethyl adjacent to an activating group) is 1. The van der Waals surface area contributed by atoms with E-state index in [1.807, 2.05) is 69.3 Å². The zero-order valence-corrected chi connectivity index (χ0v) is 21.7. The second kappa shape index (κ2) is 12.6. The number of amides is 2. The van der Waals surface area contributed by atoms with Crippen molar-refractivity contribution in [1.29, 1.82) is 0 Å². The summed E-state index contributed by atoms with van der Waals surface area (Å²) >= 11 is 12.5. The summed E-state index contributed by atoms with van der Waals surface area (Å²) in [6, 6.07) is 19.8. The minimum atomic E-state index is -0.751. The van der Waals surface area contributed by atoms with Gasteiger partial charge < -0.3 is 15.0 Å². The fourth-order valence-electron chi connectivity index (χ4n) is 3.92. The Balaban J connectivity index is 1.93. The molecule has 184 valence electrons. The molecule has 0 aliphatic rings. The lowest BCUT2D eigenvalue weighted by Crippen LogP contribution is -2.51. The van der Waals surface area contributed by atoms with Gasteiger partial charge in [-0.25, -0.2) is 0 Å². The van der Waals surface area contributed by atoms with E-state index in [0.29, 0.717) is 34.3 Å². The first-order chi connectivity index (χ1) is 16.8. The van der Waals surface area contributed by atoms with Crippen molar-refractivity contribution in [3.63, 3.8) is 0 Å². The van der Waals surface area contributed by atoms with Crippen LogP contribution in [0.15, 0.2) is 66.7 Å². The molecule has 1 N–H and O–H groups in total. The highest BCUT2D eigenvalue weighted by Gasteiger charge is 2.31. The molecule has 0 saturated heterocycles. The van der Waals surface area contributed by atoms with Crippen LogP contribution in [0.2, 0.25) is 10.0 Å². The molecule has 0 saturated carbocycles. The van der Waals surface area contributed by atoms with Gasteiger partial charge in [0.05, 0.1) is 0 Å². The third kappa shape index (κ3) is 7.74. The molecule has 3 aromatic carbocycles. The minimum absolute atomic E-state index is 0.139. The van der Waals surface area contributed by atoms with Crippen LogP contribution in [0.3, 0.4) is 0 Å². The molecule has 0 heterocycles. The average Bonchev–Trinajstić information content (AvgIpc) is 2.81. The van der Waals surface area contributed by atoms with Crippen LogP contribution in [0.25, 0.3) is 0 Å². The first-order valence-corrected chi connectivity index (χ1v) is 12.3. The molecule has 5 nitrogen and oxygen atoms in total. The molecule has 7 heteroatoms.